The van der Waals surface area contributed by atoms with Crippen LogP contribution in [-0.2, 0) is 18.6 Å². The van der Waals surface area contributed by atoms with Gasteiger partial charge in [0.15, 0.2) is 17.0 Å². The zero-order valence-corrected chi connectivity index (χ0v) is 33.6. The van der Waals surface area contributed by atoms with Gasteiger partial charge in [-0.15, -0.1) is 0 Å². The normalized spacial score (nSPS) is 17.5. The summed E-state index contributed by atoms with van der Waals surface area (Å²) in [6, 6.07) is 13.2. The van der Waals surface area contributed by atoms with Gasteiger partial charge in [0, 0.05) is 24.9 Å². The third-order valence-corrected chi connectivity index (χ3v) is 10.7. The molecule has 1 aliphatic rings. The van der Waals surface area contributed by atoms with Gasteiger partial charge in [0.05, 0.1) is 12.7 Å². The van der Waals surface area contributed by atoms with E-state index in [0.29, 0.717) is 36.2 Å². The number of unbranched alkanes of at least 4 members (excludes halogenated alkanes) is 1. The molecular formula is C42H53ClN7O5P. The Morgan fingerprint density at radius 2 is 1.64 bits per heavy atom. The maximum atomic E-state index is 14.2. The molecule has 14 heteroatoms. The van der Waals surface area contributed by atoms with Crippen LogP contribution in [0.3, 0.4) is 0 Å². The standard InChI is InChI=1S/C42H53ClN7O5P/c1-2-3-4-5-6-7-8-9-10-11-12-13-14-15-16-17-18-26-37(51)45-29-30-48-56(52,55-36-25-21-23-33-22-19-20-24-35(33)36)53-31-34-27-28-38(54-34)50-41-39(49-42(50)43)40(44)46-32-47-41/h3-4,6-7,9-10,12-13,15-16,19-25,32,34,38H,2,5,8,11,14,17-18,26-31H2,1H3,(H,45,51)(H,48,52)(H2,44,46,47)/b4-3-,7-6-,10-9-,13-12-,16-15-. The van der Waals surface area contributed by atoms with E-state index in [1.807, 2.05) is 36.4 Å². The lowest BCUT2D eigenvalue weighted by atomic mass is 10.1. The number of fused-ring (bicyclic) bond motifs is 2. The van der Waals surface area contributed by atoms with Crippen LogP contribution in [0.5, 0.6) is 5.75 Å². The molecule has 3 unspecified atom stereocenters. The Labute approximate surface area is 334 Å². The van der Waals surface area contributed by atoms with E-state index in [4.69, 9.17) is 31.1 Å². The number of nitrogens with zero attached hydrogens (tertiary/aromatic N) is 4. The minimum Gasteiger partial charge on any atom is -0.413 e. The summed E-state index contributed by atoms with van der Waals surface area (Å²) in [6.07, 6.45) is 30.1. The Morgan fingerprint density at radius 3 is 2.39 bits per heavy atom. The molecule has 0 aliphatic carbocycles. The highest BCUT2D eigenvalue weighted by atomic mass is 35.5. The molecule has 0 bridgehead atoms. The number of carbonyl (C=O) groups is 1. The fourth-order valence-electron chi connectivity index (χ4n) is 6.08. The smallest absolute Gasteiger partial charge is 0.413 e. The van der Waals surface area contributed by atoms with Gasteiger partial charge in [0.2, 0.25) is 11.2 Å². The second-order valence-corrected chi connectivity index (χ2v) is 15.3. The van der Waals surface area contributed by atoms with Crippen molar-refractivity contribution in [1.82, 2.24) is 29.9 Å². The lowest BCUT2D eigenvalue weighted by molar-refractivity contribution is -0.121. The fourth-order valence-corrected chi connectivity index (χ4v) is 7.72. The van der Waals surface area contributed by atoms with Crippen LogP contribution < -0.4 is 20.7 Å². The van der Waals surface area contributed by atoms with Gasteiger partial charge >= 0.3 is 7.75 Å². The Bertz CT molecular complexity index is 2060. The van der Waals surface area contributed by atoms with E-state index < -0.39 is 20.1 Å². The van der Waals surface area contributed by atoms with E-state index in [0.717, 1.165) is 55.7 Å². The second kappa shape index (κ2) is 22.8. The highest BCUT2D eigenvalue weighted by Gasteiger charge is 2.34. The van der Waals surface area contributed by atoms with Crippen molar-refractivity contribution in [3.8, 4) is 5.75 Å². The molecule has 1 aliphatic heterocycles. The fraction of sp³-hybridized carbons (Fsp3) is 0.381. The number of benzene rings is 2. The number of nitrogens with two attached hydrogens (primary N) is 1. The molecule has 0 radical (unpaired) electrons. The predicted molar refractivity (Wildman–Crippen MR) is 225 cm³/mol. The van der Waals surface area contributed by atoms with Gasteiger partial charge in [-0.3, -0.25) is 13.9 Å². The third-order valence-electron chi connectivity index (χ3n) is 8.92. The van der Waals surface area contributed by atoms with Crippen LogP contribution in [0, 0.1) is 0 Å². The van der Waals surface area contributed by atoms with Gasteiger partial charge < -0.3 is 20.3 Å². The van der Waals surface area contributed by atoms with E-state index in [1.165, 1.54) is 6.33 Å². The first-order chi connectivity index (χ1) is 27.4. The number of amides is 1. The average molecular weight is 802 g/mol. The van der Waals surface area contributed by atoms with E-state index in [9.17, 15) is 9.36 Å². The molecule has 5 rings (SSSR count). The van der Waals surface area contributed by atoms with Crippen LogP contribution >= 0.6 is 19.3 Å². The number of imidazole rings is 1. The number of nitrogens with one attached hydrogen (secondary N) is 2. The minimum atomic E-state index is -3.94. The van der Waals surface area contributed by atoms with Crippen molar-refractivity contribution in [3.05, 3.63) is 115 Å². The second-order valence-electron chi connectivity index (χ2n) is 13.2. The molecule has 12 nitrogen and oxygen atoms in total. The Kier molecular flexibility index (Phi) is 17.4. The SMILES string of the molecule is CC/C=C\C/C=C\C/C=C\C/C=C\C/C=C\CCCC(=O)NCCNP(=O)(OCC1CCC(n2c(Cl)nc3c(N)ncnc32)O1)Oc1cccc2ccccc12. The van der Waals surface area contributed by atoms with Crippen molar-refractivity contribution in [2.24, 2.45) is 0 Å². The molecule has 1 amide bonds. The highest BCUT2D eigenvalue weighted by Crippen LogP contribution is 2.47. The number of carbonyl (C=O) groups excluding carboxylic acids is 1. The van der Waals surface area contributed by atoms with Gasteiger partial charge in [-0.25, -0.2) is 24.6 Å². The zero-order valence-electron chi connectivity index (χ0n) is 32.0. The Balaban J connectivity index is 1.04. The largest absolute Gasteiger partial charge is 0.458 e. The quantitative estimate of drug-likeness (QED) is 0.0286. The maximum absolute atomic E-state index is 14.2. The highest BCUT2D eigenvalue weighted by molar-refractivity contribution is 7.52. The van der Waals surface area contributed by atoms with Crippen LogP contribution in [0.25, 0.3) is 21.9 Å². The maximum Gasteiger partial charge on any atom is 0.458 e. The number of hydrogen-bond acceptors (Lipinski definition) is 9. The lowest BCUT2D eigenvalue weighted by Gasteiger charge is -2.23. The average Bonchev–Trinajstić information content (AvgIpc) is 3.81. The van der Waals surface area contributed by atoms with Crippen LogP contribution in [0.4, 0.5) is 5.82 Å². The number of hydrogen-bond donors (Lipinski definition) is 3. The van der Waals surface area contributed by atoms with Gasteiger partial charge in [-0.05, 0) is 80.8 Å². The van der Waals surface area contributed by atoms with Crippen LogP contribution in [0.1, 0.15) is 77.4 Å². The summed E-state index contributed by atoms with van der Waals surface area (Å²) >= 11 is 6.44. The first kappa shape index (κ1) is 42.6. The number of halogens is 1. The molecule has 56 heavy (non-hydrogen) atoms. The molecule has 3 heterocycles. The molecule has 2 aromatic heterocycles. The molecule has 0 saturated carbocycles. The predicted octanol–water partition coefficient (Wildman–Crippen LogP) is 9.72. The summed E-state index contributed by atoms with van der Waals surface area (Å²) < 4.78 is 34.3. The topological polar surface area (TPSA) is 156 Å². The molecule has 1 fully saturated rings. The van der Waals surface area contributed by atoms with Crippen LogP contribution in [0.2, 0.25) is 5.28 Å². The molecular weight excluding hydrogens is 749 g/mol. The van der Waals surface area contributed by atoms with Gasteiger partial charge in [0.1, 0.15) is 18.3 Å². The van der Waals surface area contributed by atoms with Crippen LogP contribution in [-0.4, -0.2) is 51.2 Å². The number of anilines is 1. The number of allylic oxidation sites excluding steroid dienone is 10. The van der Waals surface area contributed by atoms with Gasteiger partial charge in [-0.1, -0.05) is 104 Å². The number of nitrogen functional groups attached to an aromatic ring is 1. The van der Waals surface area contributed by atoms with Gasteiger partial charge in [0.25, 0.3) is 0 Å². The molecule has 0 spiro atoms. The summed E-state index contributed by atoms with van der Waals surface area (Å²) in [4.78, 5) is 25.1. The summed E-state index contributed by atoms with van der Waals surface area (Å²) in [5, 5.41) is 7.75. The molecule has 4 N–H and O–H groups in total. The zero-order chi connectivity index (χ0) is 39.4. The van der Waals surface area contributed by atoms with Crippen LogP contribution in [0.15, 0.2) is 110 Å². The molecule has 4 aromatic rings. The molecule has 3 atom stereocenters. The number of rotatable bonds is 23. The molecule has 2 aromatic carbocycles. The lowest BCUT2D eigenvalue weighted by Crippen LogP contribution is -2.32. The van der Waals surface area contributed by atoms with E-state index in [2.05, 4.69) is 93.0 Å². The van der Waals surface area contributed by atoms with Crippen molar-refractivity contribution in [3.63, 3.8) is 0 Å². The van der Waals surface area contributed by atoms with E-state index >= 15 is 0 Å². The summed E-state index contributed by atoms with van der Waals surface area (Å²) in [5.41, 5.74) is 6.84. The van der Waals surface area contributed by atoms with Crippen molar-refractivity contribution in [2.75, 3.05) is 25.4 Å². The summed E-state index contributed by atoms with van der Waals surface area (Å²) in [7, 11) is -3.94. The molecule has 298 valence electrons. The van der Waals surface area contributed by atoms with Crippen molar-refractivity contribution in [2.45, 2.75) is 83.5 Å². The van der Waals surface area contributed by atoms with Crippen molar-refractivity contribution < 1.29 is 23.1 Å². The number of ether oxygens (including phenoxy) is 1. The van der Waals surface area contributed by atoms with E-state index in [1.54, 1.807) is 10.6 Å². The molecule has 1 saturated heterocycles. The first-order valence-corrected chi connectivity index (χ1v) is 21.3. The van der Waals surface area contributed by atoms with Crippen molar-refractivity contribution in [1.29, 1.82) is 0 Å². The first-order valence-electron chi connectivity index (χ1n) is 19.3. The monoisotopic (exact) mass is 801 g/mol. The Morgan fingerprint density at radius 1 is 0.946 bits per heavy atom. The Hall–Kier alpha value is -4.58. The minimum absolute atomic E-state index is 0.0188. The summed E-state index contributed by atoms with van der Waals surface area (Å²) in [5.74, 6) is 0.564. The summed E-state index contributed by atoms with van der Waals surface area (Å²) in [6.45, 7) is 2.53. The van der Waals surface area contributed by atoms with Gasteiger partial charge in [-0.2, -0.15) is 0 Å². The third kappa shape index (κ3) is 13.3. The van der Waals surface area contributed by atoms with E-state index in [-0.39, 0.29) is 36.7 Å². The number of aromatic nitrogens is 4. The van der Waals surface area contributed by atoms with Crippen molar-refractivity contribution >= 4 is 53.0 Å².